The molecule has 0 aliphatic carbocycles. The van der Waals surface area contributed by atoms with Crippen LogP contribution in [-0.4, -0.2) is 28.2 Å². The summed E-state index contributed by atoms with van der Waals surface area (Å²) in [6.45, 7) is 0. The first-order chi connectivity index (χ1) is 18.5. The van der Waals surface area contributed by atoms with Crippen LogP contribution < -0.4 is 31.4 Å². The zero-order valence-corrected chi connectivity index (χ0v) is 26.2. The van der Waals surface area contributed by atoms with Gasteiger partial charge in [0.1, 0.15) is 0 Å². The van der Waals surface area contributed by atoms with Gasteiger partial charge < -0.3 is 9.80 Å². The Morgan fingerprint density at radius 3 is 1.16 bits per heavy atom. The van der Waals surface area contributed by atoms with Crippen LogP contribution in [0, 0.1) is 0 Å². The fourth-order valence-corrected chi connectivity index (χ4v) is 2.93. The third-order valence-electron chi connectivity index (χ3n) is 4.91. The molecule has 0 bridgehead atoms. The zero-order valence-electron chi connectivity index (χ0n) is 21.6. The molecule has 0 saturated heterocycles. The average molecular weight is 736 g/mol. The van der Waals surface area contributed by atoms with Crippen LogP contribution in [0.25, 0.3) is 0 Å². The molecule has 6 nitrogen and oxygen atoms in total. The number of hydrogen-bond acceptors (Lipinski definition) is 6. The second-order valence-electron chi connectivity index (χ2n) is 8.00. The van der Waals surface area contributed by atoms with E-state index >= 15 is 0 Å². The van der Waals surface area contributed by atoms with Crippen LogP contribution in [0.5, 0.6) is 0 Å². The summed E-state index contributed by atoms with van der Waals surface area (Å²) in [7, 11) is 17.1. The Hall–Kier alpha value is -2.42. The summed E-state index contributed by atoms with van der Waals surface area (Å²) in [6, 6.07) is 36.0. The number of anilines is 4. The van der Waals surface area contributed by atoms with E-state index in [1.165, 1.54) is 11.4 Å². The first-order valence-corrected chi connectivity index (χ1v) is 15.3. The molecule has 0 aliphatic heterocycles. The molecule has 2 N–H and O–H groups in total. The fraction of sp³-hybridized carbons (Fsp3) is 0.143. The summed E-state index contributed by atoms with van der Waals surface area (Å²) in [5.74, 6) is 0. The van der Waals surface area contributed by atoms with Crippen LogP contribution in [0.15, 0.2) is 119 Å². The molecule has 0 heterocycles. The van der Waals surface area contributed by atoms with Gasteiger partial charge in [0.05, 0.1) is 11.4 Å². The summed E-state index contributed by atoms with van der Waals surface area (Å²) in [6.07, 6.45) is 0. The van der Waals surface area contributed by atoms with Crippen molar-refractivity contribution in [2.45, 2.75) is 0 Å². The molecule has 4 rings (SSSR count). The van der Waals surface area contributed by atoms with Gasteiger partial charge >= 0.3 is 55.4 Å². The third kappa shape index (κ3) is 13.4. The van der Waals surface area contributed by atoms with Gasteiger partial charge in [0, 0.05) is 0 Å². The number of nitrogens with zero attached hydrogens (tertiary/aromatic N) is 4. The van der Waals surface area contributed by atoms with Gasteiger partial charge in [-0.2, -0.15) is 0 Å². The van der Waals surface area contributed by atoms with Crippen LogP contribution in [0.1, 0.15) is 0 Å². The summed E-state index contributed by atoms with van der Waals surface area (Å²) >= 11 is 4.44. The Morgan fingerprint density at radius 2 is 0.895 bits per heavy atom. The topological polar surface area (TPSA) is 55.3 Å². The molecular weight excluding hydrogens is 704 g/mol. The molecule has 4 aromatic carbocycles. The van der Waals surface area contributed by atoms with Gasteiger partial charge in [-0.05, 0) is 63.2 Å². The Bertz CT molecular complexity index is 1140. The molecule has 0 unspecified atom stereocenters. The number of para-hydroxylation sites is 2. The van der Waals surface area contributed by atoms with Crippen LogP contribution >= 0.6 is 19.1 Å². The van der Waals surface area contributed by atoms with Gasteiger partial charge in [-0.15, -0.1) is 48.5 Å². The van der Waals surface area contributed by atoms with Crippen molar-refractivity contribution in [1.82, 2.24) is 0 Å². The van der Waals surface area contributed by atoms with Crippen molar-refractivity contribution in [3.05, 3.63) is 120 Å². The van der Waals surface area contributed by atoms with Crippen LogP contribution in [-0.2, 0) is 36.4 Å². The predicted octanol–water partition coefficient (Wildman–Crippen LogP) is 6.17. The molecule has 10 heteroatoms. The summed E-state index contributed by atoms with van der Waals surface area (Å²) in [5, 5.41) is 10.4. The number of nitrogens with one attached hydrogen (secondary N) is 2. The first-order valence-electron chi connectivity index (χ1n) is 11.3. The molecular formula is C28H32Cl2N6Pd2. The van der Waals surface area contributed by atoms with E-state index in [1.807, 2.05) is 137 Å². The van der Waals surface area contributed by atoms with Gasteiger partial charge in [-0.3, -0.25) is 10.9 Å². The standard InChI is InChI=1S/2C14H16N3.2ClH.2Pd/c2*1-17(2)14-10-8-13(9-11-14)16-15-12-6-4-3-5-7-12;;;;/h2*3-11,15H,1-2H3;2*1H;;/q2*-1;;;2*+2/p-2. The molecule has 0 saturated carbocycles. The first kappa shape index (κ1) is 33.6. The van der Waals surface area contributed by atoms with Crippen molar-refractivity contribution in [1.29, 1.82) is 0 Å². The van der Waals surface area contributed by atoms with E-state index in [1.54, 1.807) is 0 Å². The van der Waals surface area contributed by atoms with Gasteiger partial charge in [0.2, 0.25) is 0 Å². The minimum absolute atomic E-state index is 0.916. The van der Waals surface area contributed by atoms with E-state index in [0.29, 0.717) is 0 Å². The number of halogens is 2. The molecule has 4 aromatic rings. The molecule has 0 amide bonds. The van der Waals surface area contributed by atoms with E-state index in [-0.39, 0.29) is 0 Å². The zero-order chi connectivity index (χ0) is 28.2. The van der Waals surface area contributed by atoms with E-state index in [2.05, 4.69) is 86.3 Å². The Morgan fingerprint density at radius 1 is 0.553 bits per heavy atom. The SMILES string of the molecule is CN(C)c1ccc(=NNc2ccccc2)[cH-]c1.CN(C)c1ccc(=NNc2ccccc2)[cH-]c1.[Cl][Pd+].[Cl][Pd+]. The fourth-order valence-electron chi connectivity index (χ4n) is 2.93. The Balaban J connectivity index is 0.000000336. The second-order valence-corrected chi connectivity index (χ2v) is 8.00. The normalized spacial score (nSPS) is 9.11. The maximum atomic E-state index is 4.49. The summed E-state index contributed by atoms with van der Waals surface area (Å²) in [4.78, 5) is 4.13. The third-order valence-corrected chi connectivity index (χ3v) is 4.91. The monoisotopic (exact) mass is 734 g/mol. The van der Waals surface area contributed by atoms with Crippen molar-refractivity contribution in [3.8, 4) is 0 Å². The van der Waals surface area contributed by atoms with E-state index in [9.17, 15) is 0 Å². The van der Waals surface area contributed by atoms with Gasteiger partial charge in [-0.1, -0.05) is 47.8 Å². The van der Waals surface area contributed by atoms with Crippen molar-refractivity contribution < 1.29 is 36.4 Å². The number of hydrogen-bond donors (Lipinski definition) is 2. The quantitative estimate of drug-likeness (QED) is 0.141. The average Bonchev–Trinajstić information content (AvgIpc) is 2.99. The minimum atomic E-state index is 0.916. The molecule has 0 aromatic heterocycles. The summed E-state index contributed by atoms with van der Waals surface area (Å²) < 4.78 is 0. The van der Waals surface area contributed by atoms with E-state index in [4.69, 9.17) is 0 Å². The van der Waals surface area contributed by atoms with Crippen molar-refractivity contribution in [2.75, 3.05) is 48.8 Å². The molecule has 0 atom stereocenters. The maximum absolute atomic E-state index is 4.49. The molecule has 38 heavy (non-hydrogen) atoms. The number of rotatable bonds is 6. The van der Waals surface area contributed by atoms with Gasteiger partial charge in [-0.25, -0.2) is 10.2 Å². The molecule has 0 fully saturated rings. The van der Waals surface area contributed by atoms with Crippen LogP contribution in [0.4, 0.5) is 22.7 Å². The van der Waals surface area contributed by atoms with Gasteiger partial charge in [0.25, 0.3) is 0 Å². The second kappa shape index (κ2) is 20.5. The van der Waals surface area contributed by atoms with E-state index in [0.717, 1.165) is 22.1 Å². The Labute approximate surface area is 255 Å². The summed E-state index contributed by atoms with van der Waals surface area (Å²) in [5.41, 5.74) is 10.4. The molecule has 208 valence electrons. The van der Waals surface area contributed by atoms with Crippen molar-refractivity contribution >= 4 is 41.8 Å². The van der Waals surface area contributed by atoms with Crippen molar-refractivity contribution in [2.24, 2.45) is 10.2 Å². The number of benzene rings is 4. The van der Waals surface area contributed by atoms with Crippen molar-refractivity contribution in [3.63, 3.8) is 0 Å². The van der Waals surface area contributed by atoms with Crippen LogP contribution in [0.2, 0.25) is 0 Å². The van der Waals surface area contributed by atoms with E-state index < -0.39 is 0 Å². The van der Waals surface area contributed by atoms with Gasteiger partial charge in [0.15, 0.2) is 0 Å². The molecule has 0 aliphatic rings. The van der Waals surface area contributed by atoms with Crippen LogP contribution in [0.3, 0.4) is 0 Å². The Kier molecular flexibility index (Phi) is 18.2. The molecule has 0 radical (unpaired) electrons. The predicted molar refractivity (Wildman–Crippen MR) is 156 cm³/mol. The molecule has 0 spiro atoms.